The summed E-state index contributed by atoms with van der Waals surface area (Å²) in [4.78, 5) is 12.2. The molecule has 2 rings (SSSR count). The predicted octanol–water partition coefficient (Wildman–Crippen LogP) is 4.16. The molecule has 0 aliphatic carbocycles. The molecule has 124 valence electrons. The lowest BCUT2D eigenvalue weighted by atomic mass is 9.84. The second kappa shape index (κ2) is 8.88. The number of nitrogens with zero attached hydrogens (tertiary/aromatic N) is 1. The van der Waals surface area contributed by atoms with Crippen LogP contribution in [0.25, 0.3) is 0 Å². The zero-order valence-corrected chi connectivity index (χ0v) is 14.2. The van der Waals surface area contributed by atoms with Crippen molar-refractivity contribution in [3.05, 3.63) is 71.3 Å². The second-order valence-corrected chi connectivity index (χ2v) is 6.15. The van der Waals surface area contributed by atoms with Gasteiger partial charge in [0.2, 0.25) is 0 Å². The first kappa shape index (κ1) is 17.7. The maximum Gasteiger partial charge on any atom is 0.309 e. The number of carbonyl (C=O) groups is 1. The Hall–Kier alpha value is -2.60. The van der Waals surface area contributed by atoms with Gasteiger partial charge in [-0.25, -0.2) is 0 Å². The van der Waals surface area contributed by atoms with Gasteiger partial charge in [-0.1, -0.05) is 49.4 Å². The molecule has 0 saturated heterocycles. The number of benzene rings is 2. The average molecular weight is 321 g/mol. The van der Waals surface area contributed by atoms with Gasteiger partial charge in [-0.15, -0.1) is 0 Å². The molecular formula is C21H23NO2. The molecule has 0 saturated carbocycles. The van der Waals surface area contributed by atoms with Gasteiger partial charge in [-0.3, -0.25) is 4.79 Å². The highest BCUT2D eigenvalue weighted by Crippen LogP contribution is 2.24. The van der Waals surface area contributed by atoms with Gasteiger partial charge in [-0.05, 0) is 48.4 Å². The van der Waals surface area contributed by atoms with Crippen molar-refractivity contribution in [1.29, 1.82) is 5.26 Å². The predicted molar refractivity (Wildman–Crippen MR) is 94.3 cm³/mol. The van der Waals surface area contributed by atoms with Crippen LogP contribution < -0.4 is 0 Å². The normalized spacial score (nSPS) is 12.9. The zero-order chi connectivity index (χ0) is 17.4. The number of methoxy groups -OCH3 is 1. The van der Waals surface area contributed by atoms with E-state index in [1.54, 1.807) is 6.07 Å². The minimum absolute atomic E-state index is 0.182. The molecule has 0 aliphatic heterocycles. The van der Waals surface area contributed by atoms with Crippen molar-refractivity contribution >= 4 is 5.97 Å². The Kier molecular flexibility index (Phi) is 6.57. The van der Waals surface area contributed by atoms with Crippen molar-refractivity contribution < 1.29 is 9.53 Å². The van der Waals surface area contributed by atoms with Crippen LogP contribution in [-0.4, -0.2) is 13.1 Å². The number of ether oxygens (including phenoxy) is 1. The van der Waals surface area contributed by atoms with Crippen LogP contribution >= 0.6 is 0 Å². The molecule has 2 aromatic rings. The molecule has 0 aliphatic rings. The second-order valence-electron chi connectivity index (χ2n) is 6.15. The van der Waals surface area contributed by atoms with Crippen LogP contribution in [0.15, 0.2) is 54.6 Å². The van der Waals surface area contributed by atoms with Crippen LogP contribution in [0, 0.1) is 23.2 Å². The smallest absolute Gasteiger partial charge is 0.309 e. The third-order valence-electron chi connectivity index (χ3n) is 4.43. The first-order valence-corrected chi connectivity index (χ1v) is 8.25. The SMILES string of the molecule is COC(=O)[C@H](Cc1cccc(C#N)c1)[C@H](C)CCc1ccccc1. The summed E-state index contributed by atoms with van der Waals surface area (Å²) in [6, 6.07) is 19.9. The monoisotopic (exact) mass is 321 g/mol. The summed E-state index contributed by atoms with van der Waals surface area (Å²) in [5.41, 5.74) is 2.89. The fourth-order valence-electron chi connectivity index (χ4n) is 2.93. The Bertz CT molecular complexity index is 703. The molecule has 24 heavy (non-hydrogen) atoms. The molecule has 0 unspecified atom stereocenters. The van der Waals surface area contributed by atoms with Crippen LogP contribution in [0.1, 0.15) is 30.0 Å². The van der Waals surface area contributed by atoms with Crippen molar-refractivity contribution in [2.45, 2.75) is 26.2 Å². The van der Waals surface area contributed by atoms with Crippen LogP contribution in [0.3, 0.4) is 0 Å². The lowest BCUT2D eigenvalue weighted by Crippen LogP contribution is -2.26. The van der Waals surface area contributed by atoms with Crippen LogP contribution in [0.5, 0.6) is 0 Å². The van der Waals surface area contributed by atoms with E-state index >= 15 is 0 Å². The lowest BCUT2D eigenvalue weighted by Gasteiger charge is -2.22. The first-order chi connectivity index (χ1) is 11.6. The van der Waals surface area contributed by atoms with Crippen LogP contribution in [-0.2, 0) is 22.4 Å². The van der Waals surface area contributed by atoms with Crippen molar-refractivity contribution in [2.75, 3.05) is 7.11 Å². The Morgan fingerprint density at radius 3 is 2.50 bits per heavy atom. The maximum absolute atomic E-state index is 12.2. The summed E-state index contributed by atoms with van der Waals surface area (Å²) in [6.07, 6.45) is 2.45. The van der Waals surface area contributed by atoms with Gasteiger partial charge < -0.3 is 4.74 Å². The van der Waals surface area contributed by atoms with E-state index in [0.717, 1.165) is 18.4 Å². The minimum Gasteiger partial charge on any atom is -0.469 e. The summed E-state index contributed by atoms with van der Waals surface area (Å²) < 4.78 is 5.01. The molecular weight excluding hydrogens is 298 g/mol. The summed E-state index contributed by atoms with van der Waals surface area (Å²) >= 11 is 0. The van der Waals surface area contributed by atoms with Gasteiger partial charge in [0.1, 0.15) is 0 Å². The average Bonchev–Trinajstić information content (AvgIpc) is 2.64. The molecule has 0 spiro atoms. The van der Waals surface area contributed by atoms with Crippen molar-refractivity contribution in [2.24, 2.45) is 11.8 Å². The van der Waals surface area contributed by atoms with Crippen molar-refractivity contribution in [3.8, 4) is 6.07 Å². The number of nitriles is 1. The summed E-state index contributed by atoms with van der Waals surface area (Å²) in [6.45, 7) is 2.10. The molecule has 0 amide bonds. The van der Waals surface area contributed by atoms with Crippen molar-refractivity contribution in [1.82, 2.24) is 0 Å². The Labute approximate surface area is 143 Å². The molecule has 2 atom stereocenters. The standard InChI is InChI=1S/C21H23NO2/c1-16(11-12-17-7-4-3-5-8-17)20(21(23)24-2)14-18-9-6-10-19(13-18)15-22/h3-10,13,16,20H,11-12,14H2,1-2H3/t16-,20-/m1/s1. The van der Waals surface area contributed by atoms with Crippen LogP contribution in [0.2, 0.25) is 0 Å². The number of hydrogen-bond acceptors (Lipinski definition) is 3. The molecule has 0 heterocycles. The van der Waals surface area contributed by atoms with E-state index in [2.05, 4.69) is 25.1 Å². The van der Waals surface area contributed by atoms with E-state index in [1.807, 2.05) is 36.4 Å². The number of aryl methyl sites for hydroxylation is 1. The van der Waals surface area contributed by atoms with E-state index in [4.69, 9.17) is 10.00 Å². The third kappa shape index (κ3) is 4.96. The maximum atomic E-state index is 12.2. The highest BCUT2D eigenvalue weighted by Gasteiger charge is 2.26. The highest BCUT2D eigenvalue weighted by atomic mass is 16.5. The summed E-state index contributed by atoms with van der Waals surface area (Å²) in [5, 5.41) is 9.03. The fraction of sp³-hybridized carbons (Fsp3) is 0.333. The van der Waals surface area contributed by atoms with Gasteiger partial charge in [0.05, 0.1) is 24.7 Å². The third-order valence-corrected chi connectivity index (χ3v) is 4.43. The Balaban J connectivity index is 2.06. The van der Waals surface area contributed by atoms with E-state index in [9.17, 15) is 4.79 Å². The number of carbonyl (C=O) groups excluding carboxylic acids is 1. The molecule has 0 fully saturated rings. The lowest BCUT2D eigenvalue weighted by molar-refractivity contribution is -0.147. The fourth-order valence-corrected chi connectivity index (χ4v) is 2.93. The molecule has 0 radical (unpaired) electrons. The summed E-state index contributed by atoms with van der Waals surface area (Å²) in [7, 11) is 1.44. The van der Waals surface area contributed by atoms with Gasteiger partial charge in [0.25, 0.3) is 0 Å². The van der Waals surface area contributed by atoms with Gasteiger partial charge in [0.15, 0.2) is 0 Å². The number of esters is 1. The number of rotatable bonds is 7. The minimum atomic E-state index is -0.201. The topological polar surface area (TPSA) is 50.1 Å². The quantitative estimate of drug-likeness (QED) is 0.720. The molecule has 0 aromatic heterocycles. The molecule has 3 nitrogen and oxygen atoms in total. The Morgan fingerprint density at radius 2 is 1.83 bits per heavy atom. The van der Waals surface area contributed by atoms with Gasteiger partial charge >= 0.3 is 5.97 Å². The highest BCUT2D eigenvalue weighted by molar-refractivity contribution is 5.73. The van der Waals surface area contributed by atoms with Crippen LogP contribution in [0.4, 0.5) is 0 Å². The molecule has 0 bridgehead atoms. The Morgan fingerprint density at radius 1 is 1.12 bits per heavy atom. The summed E-state index contributed by atoms with van der Waals surface area (Å²) in [5.74, 6) is -0.186. The van der Waals surface area contributed by atoms with Gasteiger partial charge in [-0.2, -0.15) is 5.26 Å². The van der Waals surface area contributed by atoms with E-state index in [-0.39, 0.29) is 17.8 Å². The molecule has 0 N–H and O–H groups in total. The van der Waals surface area contributed by atoms with E-state index in [1.165, 1.54) is 12.7 Å². The molecule has 2 aromatic carbocycles. The van der Waals surface area contributed by atoms with E-state index < -0.39 is 0 Å². The molecule has 3 heteroatoms. The van der Waals surface area contributed by atoms with Crippen molar-refractivity contribution in [3.63, 3.8) is 0 Å². The number of hydrogen-bond donors (Lipinski definition) is 0. The largest absolute Gasteiger partial charge is 0.469 e. The van der Waals surface area contributed by atoms with Gasteiger partial charge in [0, 0.05) is 0 Å². The van der Waals surface area contributed by atoms with E-state index in [0.29, 0.717) is 12.0 Å². The zero-order valence-electron chi connectivity index (χ0n) is 14.2. The first-order valence-electron chi connectivity index (χ1n) is 8.25.